The van der Waals surface area contributed by atoms with Crippen molar-refractivity contribution in [1.29, 1.82) is 5.26 Å². The van der Waals surface area contributed by atoms with Gasteiger partial charge in [0.05, 0.1) is 18.5 Å². The number of ether oxygens (including phenoxy) is 1. The maximum atomic E-state index is 12.3. The molecule has 0 bridgehead atoms. The third-order valence-corrected chi connectivity index (χ3v) is 4.34. The molecule has 8 nitrogen and oxygen atoms in total. The van der Waals surface area contributed by atoms with Crippen LogP contribution in [0.5, 0.6) is 5.75 Å². The molecule has 1 heterocycles. The zero-order valence-electron chi connectivity index (χ0n) is 17.5. The van der Waals surface area contributed by atoms with E-state index in [1.54, 1.807) is 18.3 Å². The summed E-state index contributed by atoms with van der Waals surface area (Å²) in [5.74, 6) is 0.911. The highest BCUT2D eigenvalue weighted by molar-refractivity contribution is 5.80. The Morgan fingerprint density at radius 1 is 1.23 bits per heavy atom. The Morgan fingerprint density at radius 2 is 2.03 bits per heavy atom. The van der Waals surface area contributed by atoms with E-state index in [9.17, 15) is 10.1 Å². The number of nitrogens with zero attached hydrogens (tertiary/aromatic N) is 4. The van der Waals surface area contributed by atoms with E-state index in [1.807, 2.05) is 62.6 Å². The number of aromatic amines is 1. The summed E-state index contributed by atoms with van der Waals surface area (Å²) in [6.07, 6.45) is 2.54. The molecule has 0 unspecified atom stereocenters. The van der Waals surface area contributed by atoms with E-state index in [1.165, 1.54) is 0 Å². The number of benzene rings is 2. The molecular weight excluding hydrogens is 392 g/mol. The van der Waals surface area contributed by atoms with Crippen LogP contribution in [0.3, 0.4) is 0 Å². The number of aromatic nitrogens is 2. The van der Waals surface area contributed by atoms with Crippen molar-refractivity contribution in [2.45, 2.75) is 6.42 Å². The van der Waals surface area contributed by atoms with Gasteiger partial charge in [0.1, 0.15) is 17.4 Å². The first kappa shape index (κ1) is 21.7. The third kappa shape index (κ3) is 6.26. The molecule has 2 N–H and O–H groups in total. The second-order valence-electron chi connectivity index (χ2n) is 7.06. The van der Waals surface area contributed by atoms with Crippen LogP contribution < -0.4 is 15.7 Å². The molecule has 8 heteroatoms. The lowest BCUT2D eigenvalue weighted by atomic mass is 10.1. The first-order valence-corrected chi connectivity index (χ1v) is 9.83. The molecule has 0 fully saturated rings. The zero-order chi connectivity index (χ0) is 22.1. The van der Waals surface area contributed by atoms with Crippen LogP contribution in [-0.4, -0.2) is 48.3 Å². The van der Waals surface area contributed by atoms with Crippen molar-refractivity contribution in [3.8, 4) is 23.1 Å². The summed E-state index contributed by atoms with van der Waals surface area (Å²) in [4.78, 5) is 21.3. The molecule has 0 radical (unpaired) electrons. The number of hydrazone groups is 1. The van der Waals surface area contributed by atoms with Gasteiger partial charge in [-0.3, -0.25) is 9.78 Å². The molecule has 0 saturated carbocycles. The highest BCUT2D eigenvalue weighted by Crippen LogP contribution is 2.19. The number of anilines is 1. The summed E-state index contributed by atoms with van der Waals surface area (Å²) in [5, 5.41) is 13.5. The van der Waals surface area contributed by atoms with E-state index < -0.39 is 5.56 Å². The van der Waals surface area contributed by atoms with Crippen molar-refractivity contribution in [3.63, 3.8) is 0 Å². The van der Waals surface area contributed by atoms with E-state index in [4.69, 9.17) is 4.74 Å². The number of H-pyrrole nitrogens is 1. The summed E-state index contributed by atoms with van der Waals surface area (Å²) in [7, 11) is 4.06. The lowest BCUT2D eigenvalue weighted by molar-refractivity contribution is 0.281. The van der Waals surface area contributed by atoms with Crippen LogP contribution in [0.1, 0.15) is 17.5 Å². The summed E-state index contributed by atoms with van der Waals surface area (Å²) in [6, 6.07) is 18.5. The molecule has 2 aromatic carbocycles. The van der Waals surface area contributed by atoms with Crippen LogP contribution in [0.4, 0.5) is 5.95 Å². The predicted octanol–water partition coefficient (Wildman–Crippen LogP) is 3.09. The lowest BCUT2D eigenvalue weighted by Gasteiger charge is -2.10. The topological polar surface area (TPSA) is 106 Å². The molecule has 0 atom stereocenters. The smallest absolute Gasteiger partial charge is 0.270 e. The Morgan fingerprint density at radius 3 is 2.77 bits per heavy atom. The lowest BCUT2D eigenvalue weighted by Crippen LogP contribution is -2.16. The average molecular weight is 416 g/mol. The van der Waals surface area contributed by atoms with Crippen LogP contribution in [-0.2, 0) is 0 Å². The van der Waals surface area contributed by atoms with Gasteiger partial charge in [-0.25, -0.2) is 10.4 Å². The van der Waals surface area contributed by atoms with Gasteiger partial charge in [-0.1, -0.05) is 42.5 Å². The van der Waals surface area contributed by atoms with Gasteiger partial charge < -0.3 is 9.64 Å². The Hall–Kier alpha value is -3.96. The maximum absolute atomic E-state index is 12.3. The highest BCUT2D eigenvalue weighted by atomic mass is 16.5. The summed E-state index contributed by atoms with van der Waals surface area (Å²) >= 11 is 0. The number of hydrogen-bond donors (Lipinski definition) is 2. The number of nitrogens with one attached hydrogen (secondary N) is 2. The largest absolute Gasteiger partial charge is 0.494 e. The molecule has 0 aliphatic heterocycles. The number of nitriles is 1. The average Bonchev–Trinajstić information content (AvgIpc) is 2.77. The van der Waals surface area contributed by atoms with Crippen molar-refractivity contribution in [3.05, 3.63) is 76.1 Å². The van der Waals surface area contributed by atoms with Crippen molar-refractivity contribution >= 4 is 12.2 Å². The van der Waals surface area contributed by atoms with Gasteiger partial charge in [0.2, 0.25) is 5.95 Å². The van der Waals surface area contributed by atoms with Crippen LogP contribution in [0.2, 0.25) is 0 Å². The predicted molar refractivity (Wildman–Crippen MR) is 121 cm³/mol. The monoisotopic (exact) mass is 416 g/mol. The number of rotatable bonds is 9. The summed E-state index contributed by atoms with van der Waals surface area (Å²) < 4.78 is 5.77. The van der Waals surface area contributed by atoms with Gasteiger partial charge in [0.25, 0.3) is 5.56 Å². The van der Waals surface area contributed by atoms with Crippen LogP contribution in [0.15, 0.2) is 64.5 Å². The van der Waals surface area contributed by atoms with Crippen molar-refractivity contribution < 1.29 is 4.74 Å². The molecule has 0 amide bonds. The number of hydrogen-bond acceptors (Lipinski definition) is 7. The second kappa shape index (κ2) is 10.7. The van der Waals surface area contributed by atoms with E-state index in [0.29, 0.717) is 17.9 Å². The fraction of sp³-hybridized carbons (Fsp3) is 0.217. The van der Waals surface area contributed by atoms with Crippen LogP contribution in [0.25, 0.3) is 11.3 Å². The molecular formula is C23H24N6O2. The molecule has 3 aromatic rings. The van der Waals surface area contributed by atoms with Crippen molar-refractivity contribution in [2.24, 2.45) is 5.10 Å². The van der Waals surface area contributed by atoms with Gasteiger partial charge in [0.15, 0.2) is 0 Å². The standard InChI is InChI=1S/C23H24N6O2/c1-29(2)12-7-13-31-19-11-6-8-17(14-19)16-25-28-23-26-21(18-9-4-3-5-10-18)20(15-24)22(30)27-23/h3-6,8-11,14,16H,7,12-13H2,1-2H3,(H2,26,27,28,30). The molecule has 31 heavy (non-hydrogen) atoms. The van der Waals surface area contributed by atoms with E-state index >= 15 is 0 Å². The first-order valence-electron chi connectivity index (χ1n) is 9.83. The van der Waals surface area contributed by atoms with Gasteiger partial charge in [-0.2, -0.15) is 10.4 Å². The zero-order valence-corrected chi connectivity index (χ0v) is 17.5. The van der Waals surface area contributed by atoms with Crippen LogP contribution >= 0.6 is 0 Å². The second-order valence-corrected chi connectivity index (χ2v) is 7.06. The molecule has 0 aliphatic rings. The van der Waals surface area contributed by atoms with Crippen LogP contribution in [0, 0.1) is 11.3 Å². The fourth-order valence-corrected chi connectivity index (χ4v) is 2.86. The normalized spacial score (nSPS) is 10.9. The van der Waals surface area contributed by atoms with E-state index in [-0.39, 0.29) is 11.5 Å². The first-order chi connectivity index (χ1) is 15.1. The SMILES string of the molecule is CN(C)CCCOc1cccc(C=NNc2nc(-c3ccccc3)c(C#N)c(=O)[nH]2)c1. The third-order valence-electron chi connectivity index (χ3n) is 4.34. The Balaban J connectivity index is 1.70. The minimum atomic E-state index is -0.526. The molecule has 1 aromatic heterocycles. The quantitative estimate of drug-likeness (QED) is 0.315. The molecule has 0 spiro atoms. The molecule has 3 rings (SSSR count). The highest BCUT2D eigenvalue weighted by Gasteiger charge is 2.12. The molecule has 0 saturated heterocycles. The molecule has 158 valence electrons. The Labute approximate surface area is 180 Å². The van der Waals surface area contributed by atoms with Gasteiger partial charge >= 0.3 is 0 Å². The van der Waals surface area contributed by atoms with E-state index in [0.717, 1.165) is 24.3 Å². The van der Waals surface area contributed by atoms with E-state index in [2.05, 4.69) is 25.4 Å². The van der Waals surface area contributed by atoms with Crippen molar-refractivity contribution in [1.82, 2.24) is 14.9 Å². The summed E-state index contributed by atoms with van der Waals surface area (Å²) in [6.45, 7) is 1.60. The van der Waals surface area contributed by atoms with Crippen molar-refractivity contribution in [2.75, 3.05) is 32.7 Å². The summed E-state index contributed by atoms with van der Waals surface area (Å²) in [5.41, 5.74) is 3.97. The Kier molecular flexibility index (Phi) is 7.51. The fourth-order valence-electron chi connectivity index (χ4n) is 2.86. The Bertz CT molecular complexity index is 1130. The maximum Gasteiger partial charge on any atom is 0.270 e. The van der Waals surface area contributed by atoms with Gasteiger partial charge in [0, 0.05) is 12.1 Å². The van der Waals surface area contributed by atoms with Gasteiger partial charge in [-0.15, -0.1) is 0 Å². The van der Waals surface area contributed by atoms with Gasteiger partial charge in [-0.05, 0) is 38.2 Å². The minimum Gasteiger partial charge on any atom is -0.494 e. The minimum absolute atomic E-state index is 0.0418. The molecule has 0 aliphatic carbocycles.